The zero-order valence-electron chi connectivity index (χ0n) is 27.4. The number of carbonyl (C=O) groups is 2. The van der Waals surface area contributed by atoms with E-state index in [1.165, 1.54) is 4.90 Å². The Morgan fingerprint density at radius 3 is 2.16 bits per heavy atom. The van der Waals surface area contributed by atoms with E-state index in [0.29, 0.717) is 17.4 Å². The third-order valence-corrected chi connectivity index (χ3v) is 10.6. The number of nitrogens with zero attached hydrogens (tertiary/aromatic N) is 2. The number of sulfonamides is 1. The summed E-state index contributed by atoms with van der Waals surface area (Å²) in [4.78, 5) is 30.1. The molecule has 1 N–H and O–H groups in total. The second-order valence-electron chi connectivity index (χ2n) is 12.1. The smallest absolute Gasteiger partial charge is 0.264 e. The fraction of sp³-hybridized carbons (Fsp3) is 0.316. The van der Waals surface area contributed by atoms with Crippen LogP contribution in [0.2, 0.25) is 5.02 Å². The molecule has 0 unspecified atom stereocenters. The van der Waals surface area contributed by atoms with Gasteiger partial charge in [0.1, 0.15) is 24.2 Å². The van der Waals surface area contributed by atoms with Crippen molar-refractivity contribution in [2.45, 2.75) is 69.0 Å². The van der Waals surface area contributed by atoms with Gasteiger partial charge in [-0.05, 0) is 91.6 Å². The van der Waals surface area contributed by atoms with Crippen molar-refractivity contribution in [3.8, 4) is 5.75 Å². The number of nitrogens with one attached hydrogen (secondary N) is 1. The van der Waals surface area contributed by atoms with Crippen molar-refractivity contribution in [1.82, 2.24) is 10.2 Å². The van der Waals surface area contributed by atoms with Crippen LogP contribution in [0.4, 0.5) is 10.1 Å². The molecule has 258 valence electrons. The molecule has 0 spiro atoms. The van der Waals surface area contributed by atoms with Crippen LogP contribution in [-0.4, -0.2) is 50.4 Å². The molecule has 1 aliphatic rings. The fourth-order valence-corrected chi connectivity index (χ4v) is 7.56. The van der Waals surface area contributed by atoms with Crippen LogP contribution in [0.5, 0.6) is 5.75 Å². The van der Waals surface area contributed by atoms with E-state index in [9.17, 15) is 22.4 Å². The van der Waals surface area contributed by atoms with Crippen LogP contribution in [0.1, 0.15) is 50.2 Å². The van der Waals surface area contributed by atoms with Gasteiger partial charge in [0.25, 0.3) is 10.0 Å². The summed E-state index contributed by atoms with van der Waals surface area (Å²) in [7, 11) is -4.37. The first-order valence-electron chi connectivity index (χ1n) is 16.5. The number of hydrogen-bond acceptors (Lipinski definition) is 5. The van der Waals surface area contributed by atoms with E-state index in [2.05, 4.69) is 5.32 Å². The number of carbonyl (C=O) groups excluding carboxylic acids is 2. The topological polar surface area (TPSA) is 96.0 Å². The first-order chi connectivity index (χ1) is 23.6. The maximum atomic E-state index is 14.7. The van der Waals surface area contributed by atoms with Gasteiger partial charge in [0.05, 0.1) is 17.2 Å². The molecule has 8 nitrogen and oxygen atoms in total. The van der Waals surface area contributed by atoms with Crippen LogP contribution < -0.4 is 14.4 Å². The highest BCUT2D eigenvalue weighted by Gasteiger charge is 2.35. The molecule has 1 fully saturated rings. The van der Waals surface area contributed by atoms with Crippen LogP contribution in [0.3, 0.4) is 0 Å². The summed E-state index contributed by atoms with van der Waals surface area (Å²) in [5.41, 5.74) is 1.77. The first kappa shape index (κ1) is 35.9. The summed E-state index contributed by atoms with van der Waals surface area (Å²) < 4.78 is 48.7. The lowest BCUT2D eigenvalue weighted by atomic mass is 9.94. The Bertz CT molecular complexity index is 1780. The van der Waals surface area contributed by atoms with E-state index in [1.54, 1.807) is 48.5 Å². The molecule has 1 atom stereocenters. The second kappa shape index (κ2) is 16.8. The van der Waals surface area contributed by atoms with E-state index < -0.39 is 34.3 Å². The molecule has 0 bridgehead atoms. The number of ether oxygens (including phenoxy) is 1. The highest BCUT2D eigenvalue weighted by Crippen LogP contribution is 2.28. The summed E-state index contributed by atoms with van der Waals surface area (Å²) in [5.74, 6) is -0.950. The monoisotopic (exact) mass is 705 g/mol. The highest BCUT2D eigenvalue weighted by molar-refractivity contribution is 7.92. The number of hydrogen-bond donors (Lipinski definition) is 1. The van der Waals surface area contributed by atoms with Crippen LogP contribution in [-0.2, 0) is 32.6 Å². The van der Waals surface area contributed by atoms with E-state index >= 15 is 0 Å². The van der Waals surface area contributed by atoms with Gasteiger partial charge in [-0.25, -0.2) is 12.8 Å². The van der Waals surface area contributed by atoms with Gasteiger partial charge in [0.2, 0.25) is 11.8 Å². The van der Waals surface area contributed by atoms with Gasteiger partial charge in [-0.1, -0.05) is 73.3 Å². The molecule has 0 aliphatic heterocycles. The van der Waals surface area contributed by atoms with Gasteiger partial charge >= 0.3 is 0 Å². The van der Waals surface area contributed by atoms with Crippen LogP contribution >= 0.6 is 11.6 Å². The zero-order chi connectivity index (χ0) is 34.8. The van der Waals surface area contributed by atoms with Gasteiger partial charge in [0.15, 0.2) is 0 Å². The van der Waals surface area contributed by atoms with E-state index in [0.717, 1.165) is 71.8 Å². The molecular weight excluding hydrogens is 665 g/mol. The lowest BCUT2D eigenvalue weighted by molar-refractivity contribution is -0.140. The molecule has 0 heterocycles. The van der Waals surface area contributed by atoms with Crippen molar-refractivity contribution < 1.29 is 27.1 Å². The number of halogens is 2. The quantitative estimate of drug-likeness (QED) is 0.150. The van der Waals surface area contributed by atoms with Gasteiger partial charge in [-0.15, -0.1) is 0 Å². The summed E-state index contributed by atoms with van der Waals surface area (Å²) >= 11 is 6.17. The molecule has 49 heavy (non-hydrogen) atoms. The van der Waals surface area contributed by atoms with E-state index in [4.69, 9.17) is 16.3 Å². The molecule has 2 amide bonds. The van der Waals surface area contributed by atoms with Crippen LogP contribution in [0.15, 0.2) is 108 Å². The molecule has 0 saturated heterocycles. The van der Waals surface area contributed by atoms with Crippen molar-refractivity contribution in [1.29, 1.82) is 0 Å². The molecule has 1 saturated carbocycles. The minimum Gasteiger partial charge on any atom is -0.494 e. The van der Waals surface area contributed by atoms with Gasteiger partial charge in [-0.3, -0.25) is 13.9 Å². The fourth-order valence-electron chi connectivity index (χ4n) is 6.02. The Hall–Kier alpha value is -4.41. The summed E-state index contributed by atoms with van der Waals surface area (Å²) in [6, 6.07) is 26.2. The Balaban J connectivity index is 1.56. The predicted octanol–water partition coefficient (Wildman–Crippen LogP) is 7.16. The standard InChI is InChI=1S/C38H41ClFN3O5S/c1-2-48-34-21-19-33(20-22-34)43(49(46,47)35-23-17-31(40)18-24-35)27-37(44)42(26-29-13-15-30(39)16-14-29)36(25-28-9-5-3-6-10-28)38(45)41-32-11-7-4-8-12-32/h3,5-6,9-10,13-24,32,36H,2,4,7-8,11-12,25-27H2,1H3,(H,41,45)/t36-/m0/s1. The normalized spacial score (nSPS) is 14.1. The van der Waals surface area contributed by atoms with Crippen molar-refractivity contribution in [2.24, 2.45) is 0 Å². The third-order valence-electron chi connectivity index (χ3n) is 8.61. The summed E-state index contributed by atoms with van der Waals surface area (Å²) in [6.07, 6.45) is 5.07. The maximum absolute atomic E-state index is 14.7. The Labute approximate surface area is 292 Å². The SMILES string of the molecule is CCOc1ccc(N(CC(=O)N(Cc2ccc(Cl)cc2)[C@@H](Cc2ccccc2)C(=O)NC2CCCCC2)S(=O)(=O)c2ccc(F)cc2)cc1. The first-order valence-corrected chi connectivity index (χ1v) is 18.3. The zero-order valence-corrected chi connectivity index (χ0v) is 29.0. The van der Waals surface area contributed by atoms with Crippen LogP contribution in [0.25, 0.3) is 0 Å². The Morgan fingerprint density at radius 1 is 0.878 bits per heavy atom. The molecule has 0 radical (unpaired) electrons. The Morgan fingerprint density at radius 2 is 1.53 bits per heavy atom. The van der Waals surface area contributed by atoms with Gasteiger partial charge in [0, 0.05) is 24.0 Å². The van der Waals surface area contributed by atoms with E-state index in [-0.39, 0.29) is 35.5 Å². The van der Waals surface area contributed by atoms with Gasteiger partial charge < -0.3 is 15.0 Å². The largest absolute Gasteiger partial charge is 0.494 e. The molecule has 0 aromatic heterocycles. The molecule has 4 aromatic carbocycles. The number of rotatable bonds is 14. The number of benzene rings is 4. The third kappa shape index (κ3) is 9.61. The van der Waals surface area contributed by atoms with E-state index in [1.807, 2.05) is 37.3 Å². The van der Waals surface area contributed by atoms with Crippen molar-refractivity contribution in [3.05, 3.63) is 125 Å². The maximum Gasteiger partial charge on any atom is 0.264 e. The molecule has 5 rings (SSSR count). The molecule has 4 aromatic rings. The number of amides is 2. The van der Waals surface area contributed by atoms with Gasteiger partial charge in [-0.2, -0.15) is 0 Å². The average molecular weight is 706 g/mol. The lowest BCUT2D eigenvalue weighted by Gasteiger charge is -2.35. The summed E-state index contributed by atoms with van der Waals surface area (Å²) in [6.45, 7) is 1.66. The lowest BCUT2D eigenvalue weighted by Crippen LogP contribution is -2.55. The average Bonchev–Trinajstić information content (AvgIpc) is 3.11. The predicted molar refractivity (Wildman–Crippen MR) is 189 cm³/mol. The molecule has 1 aliphatic carbocycles. The van der Waals surface area contributed by atoms with Crippen molar-refractivity contribution in [3.63, 3.8) is 0 Å². The minimum atomic E-state index is -4.37. The number of anilines is 1. The molecular formula is C38H41ClFN3O5S. The summed E-state index contributed by atoms with van der Waals surface area (Å²) in [5, 5.41) is 3.72. The second-order valence-corrected chi connectivity index (χ2v) is 14.4. The minimum absolute atomic E-state index is 0.00814. The Kier molecular flexibility index (Phi) is 12.3. The van der Waals surface area contributed by atoms with Crippen molar-refractivity contribution >= 4 is 39.1 Å². The highest BCUT2D eigenvalue weighted by atomic mass is 35.5. The molecule has 11 heteroatoms. The van der Waals surface area contributed by atoms with Crippen LogP contribution in [0, 0.1) is 5.82 Å². The van der Waals surface area contributed by atoms with Crippen molar-refractivity contribution in [2.75, 3.05) is 17.5 Å².